The Morgan fingerprint density at radius 3 is 2.55 bits per heavy atom. The number of hydrogen-bond donors (Lipinski definition) is 2. The molecule has 1 fully saturated rings. The molecular weight excluding hydrogens is 254 g/mol. The lowest BCUT2D eigenvalue weighted by atomic mass is 10.00. The molecule has 20 heavy (non-hydrogen) atoms. The van der Waals surface area contributed by atoms with Crippen LogP contribution in [0.1, 0.15) is 50.5 Å². The molecule has 2 N–H and O–H groups in total. The number of carbonyl (C=O) groups excluding carboxylic acids is 1. The van der Waals surface area contributed by atoms with Crippen LogP contribution in [-0.2, 0) is 0 Å². The zero-order valence-electron chi connectivity index (χ0n) is 12.4. The summed E-state index contributed by atoms with van der Waals surface area (Å²) in [4.78, 5) is 12.2. The van der Waals surface area contributed by atoms with Crippen LogP contribution in [-0.4, -0.2) is 39.7 Å². The van der Waals surface area contributed by atoms with E-state index in [1.54, 1.807) is 12.1 Å². The zero-order chi connectivity index (χ0) is 14.5. The van der Waals surface area contributed by atoms with Gasteiger partial charge >= 0.3 is 0 Å². The number of nitrogens with zero attached hydrogens (tertiary/aromatic N) is 3. The maximum Gasteiger partial charge on any atom is 0.286 e. The Labute approximate surface area is 119 Å². The van der Waals surface area contributed by atoms with Crippen molar-refractivity contribution in [2.24, 2.45) is 0 Å². The summed E-state index contributed by atoms with van der Waals surface area (Å²) in [7, 11) is 0. The standard InChI is InChI=1S/C14H23N5O/c1-4-15-13-9-8-12(16-17-13)14(20)18-19-10(2)6-5-7-11(19)3/h8-11H,4-7H2,1-3H3,(H,15,17)(H,18,20). The van der Waals surface area contributed by atoms with Crippen molar-refractivity contribution in [2.75, 3.05) is 11.9 Å². The number of aromatic nitrogens is 2. The van der Waals surface area contributed by atoms with Gasteiger partial charge in [0.15, 0.2) is 5.69 Å². The van der Waals surface area contributed by atoms with E-state index in [-0.39, 0.29) is 5.91 Å². The highest BCUT2D eigenvalue weighted by atomic mass is 16.2. The van der Waals surface area contributed by atoms with E-state index >= 15 is 0 Å². The van der Waals surface area contributed by atoms with Gasteiger partial charge in [-0.1, -0.05) is 6.42 Å². The summed E-state index contributed by atoms with van der Waals surface area (Å²) in [6.07, 6.45) is 3.43. The predicted molar refractivity (Wildman–Crippen MR) is 78.3 cm³/mol. The largest absolute Gasteiger partial charge is 0.369 e. The van der Waals surface area contributed by atoms with E-state index in [1.807, 2.05) is 11.9 Å². The summed E-state index contributed by atoms with van der Waals surface area (Å²) in [5.74, 6) is 0.491. The van der Waals surface area contributed by atoms with E-state index in [2.05, 4.69) is 34.8 Å². The molecular formula is C14H23N5O. The van der Waals surface area contributed by atoms with E-state index in [9.17, 15) is 4.79 Å². The first-order chi connectivity index (χ1) is 9.61. The summed E-state index contributed by atoms with van der Waals surface area (Å²) in [5.41, 5.74) is 3.30. The minimum absolute atomic E-state index is 0.193. The predicted octanol–water partition coefficient (Wildman–Crippen LogP) is 1.82. The first kappa shape index (κ1) is 14.7. The molecule has 0 saturated carbocycles. The lowest BCUT2D eigenvalue weighted by molar-refractivity contribution is 0.0365. The molecule has 0 radical (unpaired) electrons. The normalized spacial score (nSPS) is 23.4. The topological polar surface area (TPSA) is 70.2 Å². The number of piperidine rings is 1. The van der Waals surface area contributed by atoms with Crippen LogP contribution in [0.15, 0.2) is 12.1 Å². The van der Waals surface area contributed by atoms with Crippen molar-refractivity contribution >= 4 is 11.7 Å². The van der Waals surface area contributed by atoms with Gasteiger partial charge in [0.05, 0.1) is 0 Å². The maximum absolute atomic E-state index is 12.2. The lowest BCUT2D eigenvalue weighted by Crippen LogP contribution is -2.54. The molecule has 1 aromatic rings. The van der Waals surface area contributed by atoms with Crippen LogP contribution < -0.4 is 10.7 Å². The van der Waals surface area contributed by atoms with Crippen molar-refractivity contribution in [3.8, 4) is 0 Å². The van der Waals surface area contributed by atoms with E-state index in [1.165, 1.54) is 6.42 Å². The Hall–Kier alpha value is -1.69. The highest BCUT2D eigenvalue weighted by Crippen LogP contribution is 2.20. The van der Waals surface area contributed by atoms with Gasteiger partial charge in [0.1, 0.15) is 5.82 Å². The molecule has 110 valence electrons. The molecule has 0 spiro atoms. The second-order valence-corrected chi connectivity index (χ2v) is 5.31. The van der Waals surface area contributed by atoms with Gasteiger partial charge in [-0.05, 0) is 45.7 Å². The summed E-state index contributed by atoms with van der Waals surface area (Å²) >= 11 is 0. The molecule has 6 nitrogen and oxygen atoms in total. The van der Waals surface area contributed by atoms with Crippen molar-refractivity contribution in [3.05, 3.63) is 17.8 Å². The van der Waals surface area contributed by atoms with Crippen LogP contribution in [0.4, 0.5) is 5.82 Å². The lowest BCUT2D eigenvalue weighted by Gasteiger charge is -2.38. The summed E-state index contributed by atoms with van der Waals surface area (Å²) in [6.45, 7) is 7.04. The number of carbonyl (C=O) groups is 1. The Balaban J connectivity index is 2.00. The van der Waals surface area contributed by atoms with Crippen LogP contribution >= 0.6 is 0 Å². The van der Waals surface area contributed by atoms with Crippen molar-refractivity contribution in [1.82, 2.24) is 20.6 Å². The zero-order valence-corrected chi connectivity index (χ0v) is 12.4. The van der Waals surface area contributed by atoms with Gasteiger partial charge in [0.25, 0.3) is 5.91 Å². The third-order valence-corrected chi connectivity index (χ3v) is 3.68. The van der Waals surface area contributed by atoms with Crippen LogP contribution in [0.2, 0.25) is 0 Å². The van der Waals surface area contributed by atoms with Crippen molar-refractivity contribution in [2.45, 2.75) is 52.1 Å². The fourth-order valence-electron chi connectivity index (χ4n) is 2.54. The van der Waals surface area contributed by atoms with Crippen LogP contribution in [0.3, 0.4) is 0 Å². The van der Waals surface area contributed by atoms with Crippen LogP contribution in [0, 0.1) is 0 Å². The fourth-order valence-corrected chi connectivity index (χ4v) is 2.54. The van der Waals surface area contributed by atoms with E-state index in [4.69, 9.17) is 0 Å². The van der Waals surface area contributed by atoms with E-state index < -0.39 is 0 Å². The number of hydrogen-bond acceptors (Lipinski definition) is 5. The van der Waals surface area contributed by atoms with Crippen LogP contribution in [0.5, 0.6) is 0 Å². The Morgan fingerprint density at radius 2 is 2.00 bits per heavy atom. The van der Waals surface area contributed by atoms with Gasteiger partial charge in [-0.2, -0.15) is 0 Å². The molecule has 1 aromatic heterocycles. The molecule has 1 amide bonds. The maximum atomic E-state index is 12.2. The quantitative estimate of drug-likeness (QED) is 0.878. The second kappa shape index (κ2) is 6.65. The summed E-state index contributed by atoms with van der Waals surface area (Å²) in [6, 6.07) is 4.18. The number of hydrazine groups is 1. The molecule has 0 aromatic carbocycles. The smallest absolute Gasteiger partial charge is 0.286 e. The van der Waals surface area contributed by atoms with Crippen molar-refractivity contribution in [1.29, 1.82) is 0 Å². The highest BCUT2D eigenvalue weighted by molar-refractivity contribution is 5.91. The number of anilines is 1. The average molecular weight is 277 g/mol. The highest BCUT2D eigenvalue weighted by Gasteiger charge is 2.26. The second-order valence-electron chi connectivity index (χ2n) is 5.31. The third kappa shape index (κ3) is 3.45. The number of rotatable bonds is 4. The number of nitrogens with one attached hydrogen (secondary N) is 2. The van der Waals surface area contributed by atoms with E-state index in [0.29, 0.717) is 23.6 Å². The van der Waals surface area contributed by atoms with E-state index in [0.717, 1.165) is 19.4 Å². The Bertz CT molecular complexity index is 437. The SMILES string of the molecule is CCNc1ccc(C(=O)NN2C(C)CCCC2C)nn1. The van der Waals surface area contributed by atoms with Crippen molar-refractivity contribution in [3.63, 3.8) is 0 Å². The first-order valence-electron chi connectivity index (χ1n) is 7.28. The minimum atomic E-state index is -0.193. The molecule has 2 atom stereocenters. The fraction of sp³-hybridized carbons (Fsp3) is 0.643. The summed E-state index contributed by atoms with van der Waals surface area (Å²) < 4.78 is 0. The Kier molecular flexibility index (Phi) is 4.89. The van der Waals surface area contributed by atoms with Gasteiger partial charge in [0, 0.05) is 18.6 Å². The van der Waals surface area contributed by atoms with Crippen molar-refractivity contribution < 1.29 is 4.79 Å². The van der Waals surface area contributed by atoms with Gasteiger partial charge in [0.2, 0.25) is 0 Å². The Morgan fingerprint density at radius 1 is 1.30 bits per heavy atom. The van der Waals surface area contributed by atoms with Gasteiger partial charge < -0.3 is 5.32 Å². The van der Waals surface area contributed by atoms with Crippen LogP contribution in [0.25, 0.3) is 0 Å². The molecule has 6 heteroatoms. The molecule has 1 saturated heterocycles. The molecule has 2 heterocycles. The third-order valence-electron chi connectivity index (χ3n) is 3.68. The molecule has 2 unspecified atom stereocenters. The summed E-state index contributed by atoms with van der Waals surface area (Å²) in [5, 5.41) is 13.0. The van der Waals surface area contributed by atoms with Gasteiger partial charge in [-0.3, -0.25) is 10.2 Å². The average Bonchev–Trinajstić information content (AvgIpc) is 2.44. The van der Waals surface area contributed by atoms with Gasteiger partial charge in [-0.25, -0.2) is 5.01 Å². The first-order valence-corrected chi connectivity index (χ1v) is 7.28. The molecule has 0 aliphatic carbocycles. The molecule has 1 aliphatic rings. The monoisotopic (exact) mass is 277 g/mol. The number of amides is 1. The molecule has 1 aliphatic heterocycles. The van der Waals surface area contributed by atoms with Gasteiger partial charge in [-0.15, -0.1) is 10.2 Å². The molecule has 2 rings (SSSR count). The minimum Gasteiger partial charge on any atom is -0.369 e. The molecule has 0 bridgehead atoms.